The van der Waals surface area contributed by atoms with Crippen LogP contribution in [-0.4, -0.2) is 27.7 Å². The highest BCUT2D eigenvalue weighted by Gasteiger charge is 2.23. The van der Waals surface area contributed by atoms with Crippen molar-refractivity contribution in [2.24, 2.45) is 0 Å². The standard InChI is InChI=1S/C12H12BrF2NO2S/c13-7-5-9(14)11(10(15)6-7)12(17)16-8-1-3-19(18)4-2-8/h5-6,8H,1-4H2,(H,16,17). The number of benzene rings is 1. The average molecular weight is 352 g/mol. The highest BCUT2D eigenvalue weighted by atomic mass is 79.9. The minimum atomic E-state index is -0.899. The molecule has 19 heavy (non-hydrogen) atoms. The maximum absolute atomic E-state index is 13.6. The molecule has 104 valence electrons. The SMILES string of the molecule is O=C(NC1CCS(=O)CC1)c1c(F)cc(Br)cc1F. The van der Waals surface area contributed by atoms with Crippen LogP contribution in [0.3, 0.4) is 0 Å². The van der Waals surface area contributed by atoms with Gasteiger partial charge >= 0.3 is 0 Å². The number of carbonyl (C=O) groups is 1. The van der Waals surface area contributed by atoms with Crippen molar-refractivity contribution in [1.29, 1.82) is 0 Å². The van der Waals surface area contributed by atoms with E-state index in [9.17, 15) is 17.8 Å². The van der Waals surface area contributed by atoms with E-state index in [0.717, 1.165) is 12.1 Å². The maximum atomic E-state index is 13.6. The molecule has 0 bridgehead atoms. The second kappa shape index (κ2) is 6.09. The van der Waals surface area contributed by atoms with E-state index in [1.165, 1.54) is 0 Å². The number of rotatable bonds is 2. The van der Waals surface area contributed by atoms with E-state index in [1.807, 2.05) is 0 Å². The van der Waals surface area contributed by atoms with E-state index >= 15 is 0 Å². The minimum Gasteiger partial charge on any atom is -0.349 e. The minimum absolute atomic E-state index is 0.173. The number of halogens is 3. The van der Waals surface area contributed by atoms with Crippen LogP contribution in [0.15, 0.2) is 16.6 Å². The molecule has 0 radical (unpaired) electrons. The van der Waals surface area contributed by atoms with Gasteiger partial charge in [0.15, 0.2) is 0 Å². The summed E-state index contributed by atoms with van der Waals surface area (Å²) in [5.41, 5.74) is -0.574. The van der Waals surface area contributed by atoms with Crippen LogP contribution in [0.4, 0.5) is 8.78 Å². The largest absolute Gasteiger partial charge is 0.349 e. The van der Waals surface area contributed by atoms with Crippen LogP contribution in [0, 0.1) is 11.6 Å². The van der Waals surface area contributed by atoms with Gasteiger partial charge in [-0.05, 0) is 25.0 Å². The Morgan fingerprint density at radius 1 is 1.26 bits per heavy atom. The van der Waals surface area contributed by atoms with Crippen LogP contribution in [0.1, 0.15) is 23.2 Å². The fourth-order valence-electron chi connectivity index (χ4n) is 1.95. The van der Waals surface area contributed by atoms with Crippen LogP contribution in [0.25, 0.3) is 0 Å². The summed E-state index contributed by atoms with van der Waals surface area (Å²) in [4.78, 5) is 11.9. The molecule has 0 aromatic heterocycles. The number of hydrogen-bond acceptors (Lipinski definition) is 2. The van der Waals surface area contributed by atoms with Crippen molar-refractivity contribution in [3.8, 4) is 0 Å². The lowest BCUT2D eigenvalue weighted by Crippen LogP contribution is -2.40. The van der Waals surface area contributed by atoms with Gasteiger partial charge in [0.1, 0.15) is 17.2 Å². The molecule has 0 atom stereocenters. The molecule has 2 rings (SSSR count). The fourth-order valence-corrected chi connectivity index (χ4v) is 3.66. The van der Waals surface area contributed by atoms with Gasteiger partial charge < -0.3 is 5.32 Å². The number of amides is 1. The van der Waals surface area contributed by atoms with Crippen LogP contribution in [0.2, 0.25) is 0 Å². The first-order valence-electron chi connectivity index (χ1n) is 5.77. The summed E-state index contributed by atoms with van der Waals surface area (Å²) >= 11 is 2.96. The van der Waals surface area contributed by atoms with Gasteiger partial charge in [-0.15, -0.1) is 0 Å². The monoisotopic (exact) mass is 351 g/mol. The van der Waals surface area contributed by atoms with Crippen molar-refractivity contribution in [3.05, 3.63) is 33.8 Å². The molecule has 1 aliphatic heterocycles. The molecule has 0 saturated carbocycles. The van der Waals surface area contributed by atoms with E-state index in [1.54, 1.807) is 0 Å². The molecule has 1 aliphatic rings. The lowest BCUT2D eigenvalue weighted by Gasteiger charge is -2.22. The molecule has 1 aromatic carbocycles. The third-order valence-electron chi connectivity index (χ3n) is 2.96. The number of nitrogens with one attached hydrogen (secondary N) is 1. The smallest absolute Gasteiger partial charge is 0.257 e. The third-order valence-corrected chi connectivity index (χ3v) is 4.80. The Balaban J connectivity index is 2.10. The van der Waals surface area contributed by atoms with Gasteiger partial charge in [-0.2, -0.15) is 0 Å². The zero-order chi connectivity index (χ0) is 14.0. The van der Waals surface area contributed by atoms with Crippen molar-refractivity contribution in [1.82, 2.24) is 5.32 Å². The Kier molecular flexibility index (Phi) is 4.67. The molecular formula is C12H12BrF2NO2S. The second-order valence-corrected chi connectivity index (χ2v) is 6.95. The summed E-state index contributed by atoms with van der Waals surface area (Å²) in [6, 6.07) is 1.93. The third kappa shape index (κ3) is 3.60. The number of carbonyl (C=O) groups excluding carboxylic acids is 1. The first kappa shape index (κ1) is 14.6. The molecule has 1 saturated heterocycles. The van der Waals surface area contributed by atoms with Gasteiger partial charge in [-0.25, -0.2) is 8.78 Å². The number of hydrogen-bond donors (Lipinski definition) is 1. The highest BCUT2D eigenvalue weighted by Crippen LogP contribution is 2.20. The van der Waals surface area contributed by atoms with Gasteiger partial charge in [-0.3, -0.25) is 9.00 Å². The van der Waals surface area contributed by atoms with Gasteiger partial charge in [0.25, 0.3) is 5.91 Å². The van der Waals surface area contributed by atoms with Crippen molar-refractivity contribution in [2.45, 2.75) is 18.9 Å². The van der Waals surface area contributed by atoms with E-state index in [4.69, 9.17) is 0 Å². The van der Waals surface area contributed by atoms with Gasteiger partial charge in [-0.1, -0.05) is 15.9 Å². The summed E-state index contributed by atoms with van der Waals surface area (Å²) < 4.78 is 38.6. The first-order valence-corrected chi connectivity index (χ1v) is 8.06. The predicted octanol–water partition coefficient (Wildman–Crippen LogP) is 2.37. The molecular weight excluding hydrogens is 340 g/mol. The second-order valence-electron chi connectivity index (χ2n) is 4.34. The van der Waals surface area contributed by atoms with Crippen molar-refractivity contribution in [2.75, 3.05) is 11.5 Å². The topological polar surface area (TPSA) is 46.2 Å². The molecule has 1 heterocycles. The fraction of sp³-hybridized carbons (Fsp3) is 0.417. The molecule has 0 unspecified atom stereocenters. The van der Waals surface area contributed by atoms with Crippen LogP contribution in [0.5, 0.6) is 0 Å². The molecule has 3 nitrogen and oxygen atoms in total. The molecule has 0 aliphatic carbocycles. The molecule has 0 spiro atoms. The summed E-state index contributed by atoms with van der Waals surface area (Å²) in [7, 11) is -0.838. The normalized spacial score (nSPS) is 23.1. The zero-order valence-corrected chi connectivity index (χ0v) is 12.3. The first-order chi connectivity index (χ1) is 8.97. The van der Waals surface area contributed by atoms with Crippen LogP contribution >= 0.6 is 15.9 Å². The Morgan fingerprint density at radius 3 is 2.32 bits per heavy atom. The molecule has 1 N–H and O–H groups in total. The lowest BCUT2D eigenvalue weighted by atomic mass is 10.1. The predicted molar refractivity (Wildman–Crippen MR) is 72.4 cm³/mol. The molecule has 1 fully saturated rings. The van der Waals surface area contributed by atoms with Crippen LogP contribution < -0.4 is 5.32 Å². The van der Waals surface area contributed by atoms with E-state index in [-0.39, 0.29) is 10.5 Å². The maximum Gasteiger partial charge on any atom is 0.257 e. The van der Waals surface area contributed by atoms with Crippen molar-refractivity contribution in [3.63, 3.8) is 0 Å². The molecule has 1 aromatic rings. The van der Waals surface area contributed by atoms with Gasteiger partial charge in [0.05, 0.1) is 0 Å². The van der Waals surface area contributed by atoms with E-state index < -0.39 is 33.9 Å². The average Bonchev–Trinajstić information content (AvgIpc) is 2.30. The van der Waals surface area contributed by atoms with Crippen molar-refractivity contribution < 1.29 is 17.8 Å². The van der Waals surface area contributed by atoms with Gasteiger partial charge in [0.2, 0.25) is 0 Å². The zero-order valence-electron chi connectivity index (χ0n) is 9.92. The van der Waals surface area contributed by atoms with Crippen molar-refractivity contribution >= 4 is 32.6 Å². The van der Waals surface area contributed by atoms with Gasteiger partial charge in [0, 0.05) is 32.8 Å². The Morgan fingerprint density at radius 2 is 1.79 bits per heavy atom. The molecule has 7 heteroatoms. The van der Waals surface area contributed by atoms with E-state index in [0.29, 0.717) is 24.3 Å². The summed E-state index contributed by atoms with van der Waals surface area (Å²) in [5.74, 6) is -1.54. The van der Waals surface area contributed by atoms with E-state index in [2.05, 4.69) is 21.2 Å². The summed E-state index contributed by atoms with van der Waals surface area (Å²) in [5, 5.41) is 2.59. The molecule has 1 amide bonds. The lowest BCUT2D eigenvalue weighted by molar-refractivity contribution is 0.0926. The summed E-state index contributed by atoms with van der Waals surface area (Å²) in [6.45, 7) is 0. The summed E-state index contributed by atoms with van der Waals surface area (Å²) in [6.07, 6.45) is 1.14. The Hall–Kier alpha value is -0.820. The highest BCUT2D eigenvalue weighted by molar-refractivity contribution is 9.10. The van der Waals surface area contributed by atoms with Crippen LogP contribution in [-0.2, 0) is 10.8 Å². The Bertz CT molecular complexity index is 505. The Labute approximate surface area is 120 Å². The quantitative estimate of drug-likeness (QED) is 0.888.